The van der Waals surface area contributed by atoms with Crippen molar-refractivity contribution >= 4 is 17.7 Å². The summed E-state index contributed by atoms with van der Waals surface area (Å²) >= 11 is 1.41. The van der Waals surface area contributed by atoms with Gasteiger partial charge in [-0.1, -0.05) is 29.5 Å². The number of morpholine rings is 1. The standard InChI is InChI=1S/C21H23N5O2S/c1-15-3-4-18(16(2)13-15)26-20(17-5-7-22-8-6-17)23-24-21(26)29-14-19(27)25-9-11-28-12-10-25/h3-8,13H,9-12,14H2,1-2H3. The van der Waals surface area contributed by atoms with Crippen molar-refractivity contribution in [3.05, 3.63) is 53.9 Å². The molecule has 1 fully saturated rings. The predicted octanol–water partition coefficient (Wildman–Crippen LogP) is 2.90. The molecule has 7 nitrogen and oxygen atoms in total. The average molecular weight is 410 g/mol. The lowest BCUT2D eigenvalue weighted by Gasteiger charge is -2.26. The lowest BCUT2D eigenvalue weighted by molar-refractivity contribution is -0.132. The zero-order valence-electron chi connectivity index (χ0n) is 16.5. The normalized spacial score (nSPS) is 14.2. The van der Waals surface area contributed by atoms with E-state index in [0.717, 1.165) is 22.6 Å². The third-order valence-corrected chi connectivity index (χ3v) is 5.77. The first-order valence-corrected chi connectivity index (χ1v) is 10.5. The van der Waals surface area contributed by atoms with E-state index in [9.17, 15) is 4.79 Å². The van der Waals surface area contributed by atoms with Crippen LogP contribution in [-0.2, 0) is 9.53 Å². The van der Waals surface area contributed by atoms with Gasteiger partial charge in [-0.15, -0.1) is 10.2 Å². The van der Waals surface area contributed by atoms with Gasteiger partial charge in [0.05, 0.1) is 24.7 Å². The molecular weight excluding hydrogens is 386 g/mol. The Kier molecular flexibility index (Phi) is 5.92. The molecule has 3 aromatic rings. The Balaban J connectivity index is 1.66. The second-order valence-corrected chi connectivity index (χ2v) is 7.89. The van der Waals surface area contributed by atoms with Gasteiger partial charge in [-0.3, -0.25) is 14.3 Å². The molecule has 3 heterocycles. The number of thioether (sulfide) groups is 1. The fourth-order valence-corrected chi connectivity index (χ4v) is 4.20. The van der Waals surface area contributed by atoms with Gasteiger partial charge in [0, 0.05) is 31.0 Å². The molecule has 4 rings (SSSR count). The maximum atomic E-state index is 12.6. The van der Waals surface area contributed by atoms with Crippen LogP contribution in [0.5, 0.6) is 0 Å². The van der Waals surface area contributed by atoms with E-state index in [-0.39, 0.29) is 5.91 Å². The molecule has 0 N–H and O–H groups in total. The van der Waals surface area contributed by atoms with Crippen molar-refractivity contribution in [3.63, 3.8) is 0 Å². The summed E-state index contributed by atoms with van der Waals surface area (Å²) < 4.78 is 7.36. The second kappa shape index (κ2) is 8.75. The Morgan fingerprint density at radius 1 is 1.10 bits per heavy atom. The Bertz CT molecular complexity index is 1000. The fraction of sp³-hybridized carbons (Fsp3) is 0.333. The van der Waals surface area contributed by atoms with Crippen molar-refractivity contribution in [2.24, 2.45) is 0 Å². The van der Waals surface area contributed by atoms with Crippen LogP contribution in [0.1, 0.15) is 11.1 Å². The van der Waals surface area contributed by atoms with Crippen molar-refractivity contribution in [1.82, 2.24) is 24.6 Å². The third kappa shape index (κ3) is 4.33. The number of aryl methyl sites for hydroxylation is 2. The molecule has 150 valence electrons. The molecule has 0 atom stereocenters. The van der Waals surface area contributed by atoms with Crippen LogP contribution in [0.15, 0.2) is 47.9 Å². The Labute approximate surface area is 174 Å². The van der Waals surface area contributed by atoms with E-state index in [1.807, 2.05) is 21.6 Å². The number of benzene rings is 1. The van der Waals surface area contributed by atoms with Gasteiger partial charge in [0.1, 0.15) is 0 Å². The SMILES string of the molecule is Cc1ccc(-n2c(SCC(=O)N3CCOCC3)nnc2-c2ccncc2)c(C)c1. The number of aromatic nitrogens is 4. The van der Waals surface area contributed by atoms with Crippen LogP contribution >= 0.6 is 11.8 Å². The summed E-state index contributed by atoms with van der Waals surface area (Å²) in [6.07, 6.45) is 3.48. The minimum atomic E-state index is 0.0962. The van der Waals surface area contributed by atoms with Gasteiger partial charge in [0.25, 0.3) is 0 Å². The molecule has 0 saturated carbocycles. The highest BCUT2D eigenvalue weighted by Crippen LogP contribution is 2.29. The lowest BCUT2D eigenvalue weighted by atomic mass is 10.1. The first-order valence-electron chi connectivity index (χ1n) is 9.55. The van der Waals surface area contributed by atoms with E-state index in [0.29, 0.717) is 37.2 Å². The van der Waals surface area contributed by atoms with Gasteiger partial charge >= 0.3 is 0 Å². The lowest BCUT2D eigenvalue weighted by Crippen LogP contribution is -2.41. The summed E-state index contributed by atoms with van der Waals surface area (Å²) in [5, 5.41) is 9.55. The monoisotopic (exact) mass is 409 g/mol. The van der Waals surface area contributed by atoms with Gasteiger partial charge in [-0.2, -0.15) is 0 Å². The summed E-state index contributed by atoms with van der Waals surface area (Å²) in [6.45, 7) is 6.63. The number of carbonyl (C=O) groups excluding carboxylic acids is 1. The molecule has 0 unspecified atom stereocenters. The molecule has 8 heteroatoms. The van der Waals surface area contributed by atoms with Crippen LogP contribution in [0.2, 0.25) is 0 Å². The van der Waals surface area contributed by atoms with E-state index < -0.39 is 0 Å². The summed E-state index contributed by atoms with van der Waals surface area (Å²) in [4.78, 5) is 18.5. The molecule has 0 aliphatic carbocycles. The summed E-state index contributed by atoms with van der Waals surface area (Å²) in [5.74, 6) is 1.15. The van der Waals surface area contributed by atoms with E-state index >= 15 is 0 Å². The second-order valence-electron chi connectivity index (χ2n) is 6.95. The highest BCUT2D eigenvalue weighted by atomic mass is 32.2. The van der Waals surface area contributed by atoms with Crippen LogP contribution in [0.4, 0.5) is 0 Å². The molecule has 1 aliphatic heterocycles. The van der Waals surface area contributed by atoms with E-state index in [1.54, 1.807) is 12.4 Å². The van der Waals surface area contributed by atoms with Crippen LogP contribution < -0.4 is 0 Å². The summed E-state index contributed by atoms with van der Waals surface area (Å²) in [7, 11) is 0. The number of ether oxygens (including phenoxy) is 1. The number of amides is 1. The van der Waals surface area contributed by atoms with Crippen molar-refractivity contribution in [2.45, 2.75) is 19.0 Å². The topological polar surface area (TPSA) is 73.1 Å². The van der Waals surface area contributed by atoms with Crippen molar-refractivity contribution < 1.29 is 9.53 Å². The highest BCUT2D eigenvalue weighted by molar-refractivity contribution is 7.99. The minimum absolute atomic E-state index is 0.0962. The van der Waals surface area contributed by atoms with E-state index in [2.05, 4.69) is 47.2 Å². The number of rotatable bonds is 5. The van der Waals surface area contributed by atoms with Crippen LogP contribution in [0.3, 0.4) is 0 Å². The van der Waals surface area contributed by atoms with Crippen LogP contribution in [-0.4, -0.2) is 62.6 Å². The number of carbonyl (C=O) groups is 1. The molecule has 0 radical (unpaired) electrons. The van der Waals surface area contributed by atoms with Gasteiger partial charge in [0.15, 0.2) is 11.0 Å². The summed E-state index contributed by atoms with van der Waals surface area (Å²) in [6, 6.07) is 10.1. The van der Waals surface area contributed by atoms with Gasteiger partial charge in [-0.25, -0.2) is 0 Å². The Hall–Kier alpha value is -2.71. The molecule has 29 heavy (non-hydrogen) atoms. The number of hydrogen-bond donors (Lipinski definition) is 0. The maximum absolute atomic E-state index is 12.6. The highest BCUT2D eigenvalue weighted by Gasteiger charge is 2.21. The predicted molar refractivity (Wildman–Crippen MR) is 112 cm³/mol. The molecule has 1 aromatic carbocycles. The fourth-order valence-electron chi connectivity index (χ4n) is 3.36. The molecule has 1 amide bonds. The van der Waals surface area contributed by atoms with Crippen LogP contribution in [0.25, 0.3) is 17.1 Å². The Morgan fingerprint density at radius 3 is 2.59 bits per heavy atom. The van der Waals surface area contributed by atoms with E-state index in [4.69, 9.17) is 4.74 Å². The zero-order chi connectivity index (χ0) is 20.2. The Morgan fingerprint density at radius 2 is 1.86 bits per heavy atom. The third-order valence-electron chi connectivity index (χ3n) is 4.85. The largest absolute Gasteiger partial charge is 0.378 e. The first kappa shape index (κ1) is 19.6. The van der Waals surface area contributed by atoms with Gasteiger partial charge < -0.3 is 9.64 Å². The maximum Gasteiger partial charge on any atom is 0.233 e. The van der Waals surface area contributed by atoms with Crippen molar-refractivity contribution in [3.8, 4) is 17.1 Å². The van der Waals surface area contributed by atoms with Crippen LogP contribution in [0, 0.1) is 13.8 Å². The quantitative estimate of drug-likeness (QED) is 0.604. The number of nitrogens with zero attached hydrogens (tertiary/aromatic N) is 5. The first-order chi connectivity index (χ1) is 14.1. The smallest absolute Gasteiger partial charge is 0.233 e. The molecular formula is C21H23N5O2S. The summed E-state index contributed by atoms with van der Waals surface area (Å²) in [5.41, 5.74) is 4.26. The van der Waals surface area contributed by atoms with Crippen molar-refractivity contribution in [1.29, 1.82) is 0 Å². The van der Waals surface area contributed by atoms with E-state index in [1.165, 1.54) is 17.3 Å². The zero-order valence-corrected chi connectivity index (χ0v) is 17.4. The molecule has 1 aliphatic rings. The average Bonchev–Trinajstić information content (AvgIpc) is 3.17. The van der Waals surface area contributed by atoms with Crippen molar-refractivity contribution in [2.75, 3.05) is 32.1 Å². The molecule has 1 saturated heterocycles. The molecule has 2 aromatic heterocycles. The number of pyridine rings is 1. The molecule has 0 bridgehead atoms. The van der Waals surface area contributed by atoms with Gasteiger partial charge in [0.2, 0.25) is 5.91 Å². The molecule has 0 spiro atoms. The van der Waals surface area contributed by atoms with Gasteiger partial charge in [-0.05, 0) is 37.6 Å². The number of hydrogen-bond acceptors (Lipinski definition) is 6. The minimum Gasteiger partial charge on any atom is -0.378 e.